The standard InChI is InChI=1S/C20H16F4N2O3S/c21-18-8-1-2-9-19(18)29-17-7-3-6-16(11-17)26(13-15-5-4-10-25-12-15)30(27,28)14-20(22,23)24/h1-12H,13-14H2. The normalized spacial score (nSPS) is 11.9. The summed E-state index contributed by atoms with van der Waals surface area (Å²) >= 11 is 0. The molecule has 0 radical (unpaired) electrons. The van der Waals surface area contributed by atoms with E-state index < -0.39 is 27.8 Å². The largest absolute Gasteiger partial charge is 0.454 e. The number of ether oxygens (including phenoxy) is 1. The molecule has 3 aromatic rings. The Morgan fingerprint density at radius 1 is 1.00 bits per heavy atom. The number of rotatable bonds is 7. The maximum Gasteiger partial charge on any atom is 0.404 e. The summed E-state index contributed by atoms with van der Waals surface area (Å²) in [6.07, 6.45) is -2.11. The zero-order chi connectivity index (χ0) is 21.8. The minimum absolute atomic E-state index is 0.0584. The Bertz CT molecular complexity index is 1110. The number of pyridine rings is 1. The van der Waals surface area contributed by atoms with Crippen molar-refractivity contribution in [3.8, 4) is 11.5 Å². The quantitative estimate of drug-likeness (QED) is 0.490. The van der Waals surface area contributed by atoms with Gasteiger partial charge in [0.15, 0.2) is 17.3 Å². The SMILES string of the molecule is O=S(=O)(CC(F)(F)F)N(Cc1cccnc1)c1cccc(Oc2ccccc2F)c1. The van der Waals surface area contributed by atoms with E-state index in [0.29, 0.717) is 9.87 Å². The van der Waals surface area contributed by atoms with Gasteiger partial charge >= 0.3 is 6.18 Å². The molecule has 1 aromatic heterocycles. The van der Waals surface area contributed by atoms with Crippen molar-refractivity contribution in [3.63, 3.8) is 0 Å². The molecule has 10 heteroatoms. The average Bonchev–Trinajstić information content (AvgIpc) is 2.67. The zero-order valence-electron chi connectivity index (χ0n) is 15.4. The molecule has 0 saturated carbocycles. The van der Waals surface area contributed by atoms with Crippen molar-refractivity contribution in [3.05, 3.63) is 84.4 Å². The molecule has 0 atom stereocenters. The third kappa shape index (κ3) is 5.69. The lowest BCUT2D eigenvalue weighted by atomic mass is 10.2. The van der Waals surface area contributed by atoms with E-state index in [1.165, 1.54) is 54.9 Å². The molecule has 1 heterocycles. The van der Waals surface area contributed by atoms with Crippen LogP contribution in [0.4, 0.5) is 23.2 Å². The fourth-order valence-corrected chi connectivity index (χ4v) is 4.00. The lowest BCUT2D eigenvalue weighted by molar-refractivity contribution is -0.106. The fraction of sp³-hybridized carbons (Fsp3) is 0.150. The summed E-state index contributed by atoms with van der Waals surface area (Å²) in [5, 5.41) is 0. The number of sulfonamides is 1. The fourth-order valence-electron chi connectivity index (χ4n) is 2.65. The number of para-hydroxylation sites is 1. The van der Waals surface area contributed by atoms with Crippen LogP contribution in [0.3, 0.4) is 0 Å². The Labute approximate surface area is 170 Å². The van der Waals surface area contributed by atoms with Crippen molar-refractivity contribution in [2.45, 2.75) is 12.7 Å². The van der Waals surface area contributed by atoms with E-state index in [-0.39, 0.29) is 23.7 Å². The summed E-state index contributed by atoms with van der Waals surface area (Å²) in [5.74, 6) is -2.71. The smallest absolute Gasteiger partial charge is 0.404 e. The van der Waals surface area contributed by atoms with E-state index in [2.05, 4.69) is 4.98 Å². The highest BCUT2D eigenvalue weighted by Crippen LogP contribution is 2.31. The molecule has 30 heavy (non-hydrogen) atoms. The van der Waals surface area contributed by atoms with Crippen LogP contribution in [-0.4, -0.2) is 25.3 Å². The van der Waals surface area contributed by atoms with Gasteiger partial charge in [-0.2, -0.15) is 13.2 Å². The lowest BCUT2D eigenvalue weighted by Crippen LogP contribution is -2.37. The molecule has 158 valence electrons. The van der Waals surface area contributed by atoms with E-state index in [9.17, 15) is 26.0 Å². The van der Waals surface area contributed by atoms with Crippen molar-refractivity contribution < 1.29 is 30.7 Å². The van der Waals surface area contributed by atoms with Crippen molar-refractivity contribution in [2.75, 3.05) is 10.1 Å². The van der Waals surface area contributed by atoms with Gasteiger partial charge in [0, 0.05) is 18.5 Å². The molecule has 0 fully saturated rings. The van der Waals surface area contributed by atoms with Gasteiger partial charge in [-0.05, 0) is 35.9 Å². The van der Waals surface area contributed by atoms with Crippen LogP contribution in [0.5, 0.6) is 11.5 Å². The molecule has 0 aliphatic carbocycles. The number of halogens is 4. The summed E-state index contributed by atoms with van der Waals surface area (Å²) in [4.78, 5) is 3.86. The van der Waals surface area contributed by atoms with Gasteiger partial charge in [-0.1, -0.05) is 24.3 Å². The minimum atomic E-state index is -4.92. The van der Waals surface area contributed by atoms with E-state index in [4.69, 9.17) is 4.74 Å². The topological polar surface area (TPSA) is 59.5 Å². The average molecular weight is 440 g/mol. The molecule has 0 aliphatic rings. The molecule has 3 rings (SSSR count). The molecule has 0 N–H and O–H groups in total. The van der Waals surface area contributed by atoms with Crippen LogP contribution in [0.15, 0.2) is 73.1 Å². The van der Waals surface area contributed by atoms with Crippen molar-refractivity contribution >= 4 is 15.7 Å². The third-order valence-electron chi connectivity index (χ3n) is 3.90. The number of hydrogen-bond donors (Lipinski definition) is 0. The molecular weight excluding hydrogens is 424 g/mol. The molecule has 0 unspecified atom stereocenters. The van der Waals surface area contributed by atoms with Crippen LogP contribution in [0, 0.1) is 5.82 Å². The number of nitrogens with zero attached hydrogens (tertiary/aromatic N) is 2. The van der Waals surface area contributed by atoms with Crippen LogP contribution in [-0.2, 0) is 16.6 Å². The Balaban J connectivity index is 1.98. The molecule has 0 amide bonds. The summed E-state index contributed by atoms with van der Waals surface area (Å²) in [5.41, 5.74) is 0.334. The Hall–Kier alpha value is -3.14. The molecule has 0 aliphatic heterocycles. The Kier molecular flexibility index (Phi) is 6.25. The van der Waals surface area contributed by atoms with Crippen molar-refractivity contribution in [1.82, 2.24) is 4.98 Å². The first kappa shape index (κ1) is 21.6. The van der Waals surface area contributed by atoms with E-state index in [1.54, 1.807) is 18.2 Å². The molecule has 0 saturated heterocycles. The second-order valence-corrected chi connectivity index (χ2v) is 8.16. The van der Waals surface area contributed by atoms with Gasteiger partial charge in [0.25, 0.3) is 0 Å². The summed E-state index contributed by atoms with van der Waals surface area (Å²) in [7, 11) is -4.78. The van der Waals surface area contributed by atoms with E-state index >= 15 is 0 Å². The van der Waals surface area contributed by atoms with Crippen LogP contribution in [0.1, 0.15) is 5.56 Å². The zero-order valence-corrected chi connectivity index (χ0v) is 16.2. The van der Waals surface area contributed by atoms with Gasteiger partial charge < -0.3 is 4.74 Å². The molecule has 0 spiro atoms. The number of aromatic nitrogens is 1. The second-order valence-electron chi connectivity index (χ2n) is 6.27. The van der Waals surface area contributed by atoms with Gasteiger partial charge in [-0.25, -0.2) is 12.8 Å². The van der Waals surface area contributed by atoms with E-state index in [0.717, 1.165) is 0 Å². The van der Waals surface area contributed by atoms with Gasteiger partial charge in [-0.15, -0.1) is 0 Å². The van der Waals surface area contributed by atoms with Crippen LogP contribution >= 0.6 is 0 Å². The van der Waals surface area contributed by atoms with E-state index in [1.807, 2.05) is 0 Å². The first-order chi connectivity index (χ1) is 14.1. The van der Waals surface area contributed by atoms with Gasteiger partial charge in [0.05, 0.1) is 12.2 Å². The summed E-state index contributed by atoms with van der Waals surface area (Å²) in [6.45, 7) is -0.366. The highest BCUT2D eigenvalue weighted by atomic mass is 32.2. The van der Waals surface area contributed by atoms with Crippen molar-refractivity contribution in [1.29, 1.82) is 0 Å². The molecule has 2 aromatic carbocycles. The van der Waals surface area contributed by atoms with Crippen LogP contribution < -0.4 is 9.04 Å². The lowest BCUT2D eigenvalue weighted by Gasteiger charge is -2.25. The first-order valence-corrected chi connectivity index (χ1v) is 10.2. The predicted molar refractivity (Wildman–Crippen MR) is 103 cm³/mol. The number of anilines is 1. The van der Waals surface area contributed by atoms with Crippen LogP contribution in [0.25, 0.3) is 0 Å². The molecular formula is C20H16F4N2O3S. The molecule has 5 nitrogen and oxygen atoms in total. The van der Waals surface area contributed by atoms with Gasteiger partial charge in [0.2, 0.25) is 10.0 Å². The second kappa shape index (κ2) is 8.70. The van der Waals surface area contributed by atoms with Gasteiger partial charge in [-0.3, -0.25) is 9.29 Å². The maximum atomic E-state index is 13.8. The predicted octanol–water partition coefficient (Wildman–Crippen LogP) is 4.91. The Morgan fingerprint density at radius 3 is 2.43 bits per heavy atom. The van der Waals surface area contributed by atoms with Gasteiger partial charge in [0.1, 0.15) is 5.75 Å². The molecule has 0 bridgehead atoms. The Morgan fingerprint density at radius 2 is 1.77 bits per heavy atom. The number of hydrogen-bond acceptors (Lipinski definition) is 4. The third-order valence-corrected chi connectivity index (χ3v) is 5.60. The monoisotopic (exact) mass is 440 g/mol. The first-order valence-electron chi connectivity index (χ1n) is 8.62. The summed E-state index contributed by atoms with van der Waals surface area (Å²) in [6, 6.07) is 14.1. The highest BCUT2D eigenvalue weighted by Gasteiger charge is 2.38. The highest BCUT2D eigenvalue weighted by molar-refractivity contribution is 7.92. The van der Waals surface area contributed by atoms with Crippen LogP contribution in [0.2, 0.25) is 0 Å². The number of benzene rings is 2. The maximum absolute atomic E-state index is 13.8. The number of alkyl halides is 3. The minimum Gasteiger partial charge on any atom is -0.454 e. The summed E-state index contributed by atoms with van der Waals surface area (Å²) < 4.78 is 83.7. The van der Waals surface area contributed by atoms with Crippen molar-refractivity contribution in [2.24, 2.45) is 0 Å².